The van der Waals surface area contributed by atoms with E-state index in [9.17, 15) is 8.78 Å². The van der Waals surface area contributed by atoms with Gasteiger partial charge in [-0.25, -0.2) is 0 Å². The molecule has 0 heterocycles. The van der Waals surface area contributed by atoms with Gasteiger partial charge in [0.1, 0.15) is 5.75 Å². The van der Waals surface area contributed by atoms with Crippen LogP contribution in [-0.2, 0) is 0 Å². The van der Waals surface area contributed by atoms with Crippen LogP contribution in [0.25, 0.3) is 0 Å². The smallest absolute Gasteiger partial charge is 0.387 e. The van der Waals surface area contributed by atoms with E-state index in [1.165, 1.54) is 0 Å². The maximum absolute atomic E-state index is 12.1. The summed E-state index contributed by atoms with van der Waals surface area (Å²) < 4.78 is 28.7. The molecule has 0 saturated heterocycles. The summed E-state index contributed by atoms with van der Waals surface area (Å²) in [7, 11) is 0. The van der Waals surface area contributed by atoms with Crippen LogP contribution < -0.4 is 4.74 Å². The standard InChI is InChI=1S/C11H13ClF2O/c1-6(2)8-5-9(12)7(3)4-10(8)15-11(13)14/h4-6,11H,1-3H3. The van der Waals surface area contributed by atoms with Gasteiger partial charge in [-0.1, -0.05) is 25.4 Å². The highest BCUT2D eigenvalue weighted by atomic mass is 35.5. The van der Waals surface area contributed by atoms with Gasteiger partial charge in [0.15, 0.2) is 0 Å². The van der Waals surface area contributed by atoms with Gasteiger partial charge in [0.25, 0.3) is 0 Å². The number of ether oxygens (including phenoxy) is 1. The Balaban J connectivity index is 3.16. The second kappa shape index (κ2) is 4.79. The summed E-state index contributed by atoms with van der Waals surface area (Å²) in [5.74, 6) is 0.304. The van der Waals surface area contributed by atoms with E-state index in [-0.39, 0.29) is 11.7 Å². The van der Waals surface area contributed by atoms with E-state index in [1.807, 2.05) is 13.8 Å². The zero-order valence-electron chi connectivity index (χ0n) is 8.85. The Morgan fingerprint density at radius 2 is 1.87 bits per heavy atom. The quantitative estimate of drug-likeness (QED) is 0.755. The Bertz CT molecular complexity index is 351. The Kier molecular flexibility index (Phi) is 3.91. The Labute approximate surface area is 93.0 Å². The molecule has 15 heavy (non-hydrogen) atoms. The van der Waals surface area contributed by atoms with Crippen molar-refractivity contribution in [2.24, 2.45) is 0 Å². The van der Waals surface area contributed by atoms with Crippen LogP contribution in [0.15, 0.2) is 12.1 Å². The summed E-state index contributed by atoms with van der Waals surface area (Å²) >= 11 is 5.92. The number of benzene rings is 1. The van der Waals surface area contributed by atoms with Crippen LogP contribution in [0.1, 0.15) is 30.9 Å². The van der Waals surface area contributed by atoms with Crippen molar-refractivity contribution >= 4 is 11.6 Å². The van der Waals surface area contributed by atoms with E-state index < -0.39 is 6.61 Å². The van der Waals surface area contributed by atoms with Gasteiger partial charge in [-0.15, -0.1) is 0 Å². The van der Waals surface area contributed by atoms with Crippen LogP contribution in [0.3, 0.4) is 0 Å². The number of halogens is 3. The fraction of sp³-hybridized carbons (Fsp3) is 0.455. The van der Waals surface area contributed by atoms with Gasteiger partial charge in [-0.2, -0.15) is 8.78 Å². The Hall–Kier alpha value is -0.830. The van der Waals surface area contributed by atoms with Crippen molar-refractivity contribution in [1.29, 1.82) is 0 Å². The van der Waals surface area contributed by atoms with Gasteiger partial charge in [-0.3, -0.25) is 0 Å². The maximum atomic E-state index is 12.1. The molecule has 1 nitrogen and oxygen atoms in total. The third-order valence-electron chi connectivity index (χ3n) is 2.13. The minimum atomic E-state index is -2.80. The highest BCUT2D eigenvalue weighted by Gasteiger charge is 2.14. The molecule has 0 aliphatic carbocycles. The van der Waals surface area contributed by atoms with E-state index in [1.54, 1.807) is 19.1 Å². The molecule has 0 amide bonds. The minimum Gasteiger partial charge on any atom is -0.435 e. The van der Waals surface area contributed by atoms with E-state index in [4.69, 9.17) is 11.6 Å². The molecule has 0 aromatic heterocycles. The number of rotatable bonds is 3. The molecule has 84 valence electrons. The van der Waals surface area contributed by atoms with E-state index in [0.717, 1.165) is 5.56 Å². The van der Waals surface area contributed by atoms with Gasteiger partial charge < -0.3 is 4.74 Å². The molecule has 0 bridgehead atoms. The van der Waals surface area contributed by atoms with Crippen molar-refractivity contribution < 1.29 is 13.5 Å². The highest BCUT2D eigenvalue weighted by Crippen LogP contribution is 2.32. The van der Waals surface area contributed by atoms with Crippen molar-refractivity contribution in [3.63, 3.8) is 0 Å². The normalized spacial score (nSPS) is 11.2. The topological polar surface area (TPSA) is 9.23 Å². The lowest BCUT2D eigenvalue weighted by atomic mass is 10.0. The molecule has 0 N–H and O–H groups in total. The molecular formula is C11H13ClF2O. The molecule has 0 unspecified atom stereocenters. The van der Waals surface area contributed by atoms with Gasteiger partial charge in [0, 0.05) is 5.02 Å². The maximum Gasteiger partial charge on any atom is 0.387 e. The average molecular weight is 235 g/mol. The first-order valence-electron chi connectivity index (χ1n) is 4.66. The first-order chi connectivity index (χ1) is 6.91. The van der Waals surface area contributed by atoms with Crippen LogP contribution in [0.5, 0.6) is 5.75 Å². The molecule has 1 rings (SSSR count). The molecule has 0 aliphatic heterocycles. The van der Waals surface area contributed by atoms with Gasteiger partial charge in [0.2, 0.25) is 0 Å². The predicted octanol–water partition coefficient (Wildman–Crippen LogP) is 4.37. The third-order valence-corrected chi connectivity index (χ3v) is 2.54. The summed E-state index contributed by atoms with van der Waals surface area (Å²) in [5.41, 5.74) is 1.43. The number of aryl methyl sites for hydroxylation is 1. The van der Waals surface area contributed by atoms with Crippen molar-refractivity contribution in [2.75, 3.05) is 0 Å². The van der Waals surface area contributed by atoms with Gasteiger partial charge in [0.05, 0.1) is 0 Å². The van der Waals surface area contributed by atoms with Crippen LogP contribution >= 0.6 is 11.6 Å². The zero-order chi connectivity index (χ0) is 11.6. The van der Waals surface area contributed by atoms with E-state index in [0.29, 0.717) is 10.6 Å². The molecular weight excluding hydrogens is 222 g/mol. The molecule has 1 aromatic carbocycles. The third kappa shape index (κ3) is 3.06. The van der Waals surface area contributed by atoms with Crippen LogP contribution in [0.2, 0.25) is 5.02 Å². The molecule has 0 atom stereocenters. The van der Waals surface area contributed by atoms with Crippen molar-refractivity contribution in [3.05, 3.63) is 28.3 Å². The van der Waals surface area contributed by atoms with Crippen molar-refractivity contribution in [3.8, 4) is 5.75 Å². The fourth-order valence-corrected chi connectivity index (χ4v) is 1.49. The first-order valence-corrected chi connectivity index (χ1v) is 5.04. The molecule has 0 radical (unpaired) electrons. The lowest BCUT2D eigenvalue weighted by molar-refractivity contribution is -0.0505. The van der Waals surface area contributed by atoms with Gasteiger partial charge in [-0.05, 0) is 36.1 Å². The molecule has 0 fully saturated rings. The minimum absolute atomic E-state index is 0.0943. The fourth-order valence-electron chi connectivity index (χ4n) is 1.32. The predicted molar refractivity (Wildman–Crippen MR) is 56.9 cm³/mol. The summed E-state index contributed by atoms with van der Waals surface area (Å²) in [4.78, 5) is 0. The lowest BCUT2D eigenvalue weighted by Crippen LogP contribution is -2.05. The van der Waals surface area contributed by atoms with E-state index >= 15 is 0 Å². The van der Waals surface area contributed by atoms with Crippen molar-refractivity contribution in [2.45, 2.75) is 33.3 Å². The average Bonchev–Trinajstić information content (AvgIpc) is 2.09. The molecule has 0 spiro atoms. The highest BCUT2D eigenvalue weighted by molar-refractivity contribution is 6.31. The number of hydrogen-bond donors (Lipinski definition) is 0. The monoisotopic (exact) mass is 234 g/mol. The summed E-state index contributed by atoms with van der Waals surface area (Å²) in [6, 6.07) is 3.23. The molecule has 1 aromatic rings. The van der Waals surface area contributed by atoms with Gasteiger partial charge >= 0.3 is 6.61 Å². The zero-order valence-corrected chi connectivity index (χ0v) is 9.61. The Morgan fingerprint density at radius 3 is 2.33 bits per heavy atom. The summed E-state index contributed by atoms with van der Waals surface area (Å²) in [6.45, 7) is 2.76. The number of alkyl halides is 2. The second-order valence-corrected chi connectivity index (χ2v) is 4.08. The number of hydrogen-bond acceptors (Lipinski definition) is 1. The first kappa shape index (κ1) is 12.2. The van der Waals surface area contributed by atoms with Crippen molar-refractivity contribution in [1.82, 2.24) is 0 Å². The summed E-state index contributed by atoms with van der Waals surface area (Å²) in [5, 5.41) is 0.570. The van der Waals surface area contributed by atoms with Crippen LogP contribution in [-0.4, -0.2) is 6.61 Å². The van der Waals surface area contributed by atoms with Crippen LogP contribution in [0, 0.1) is 6.92 Å². The largest absolute Gasteiger partial charge is 0.435 e. The van der Waals surface area contributed by atoms with E-state index in [2.05, 4.69) is 4.74 Å². The SMILES string of the molecule is Cc1cc(OC(F)F)c(C(C)C)cc1Cl. The molecule has 0 saturated carbocycles. The molecule has 0 aliphatic rings. The second-order valence-electron chi connectivity index (χ2n) is 3.67. The molecule has 4 heteroatoms. The summed E-state index contributed by atoms with van der Waals surface area (Å²) in [6.07, 6.45) is 0. The lowest BCUT2D eigenvalue weighted by Gasteiger charge is -2.15. The van der Waals surface area contributed by atoms with Crippen LogP contribution in [0.4, 0.5) is 8.78 Å². The Morgan fingerprint density at radius 1 is 1.27 bits per heavy atom.